The Bertz CT molecular complexity index is 1600. The largest absolute Gasteiger partial charge is 0.493 e. The van der Waals surface area contributed by atoms with Gasteiger partial charge in [0.15, 0.2) is 11.5 Å². The second kappa shape index (κ2) is 15.1. The lowest BCUT2D eigenvalue weighted by molar-refractivity contribution is 0.0569. The highest BCUT2D eigenvalue weighted by Crippen LogP contribution is 2.40. The molecule has 6 rings (SSSR count). The van der Waals surface area contributed by atoms with Gasteiger partial charge >= 0.3 is 6.09 Å². The summed E-state index contributed by atoms with van der Waals surface area (Å²) in [6.07, 6.45) is 0.846. The molecule has 0 saturated carbocycles. The fraction of sp³-hybridized carbons (Fsp3) is 0.432. The normalized spacial score (nSPS) is 19.2. The Labute approximate surface area is 281 Å². The van der Waals surface area contributed by atoms with Gasteiger partial charge in [0.05, 0.1) is 50.3 Å². The lowest BCUT2D eigenvalue weighted by Crippen LogP contribution is -2.47. The third-order valence-corrected chi connectivity index (χ3v) is 9.60. The molecule has 0 aromatic heterocycles. The van der Waals surface area contributed by atoms with E-state index in [2.05, 4.69) is 46.3 Å². The highest BCUT2D eigenvalue weighted by molar-refractivity contribution is 6.24. The number of carbonyl (C=O) groups excluding carboxylic acids is 3. The molecular weight excluding hydrogens is 612 g/mol. The van der Waals surface area contributed by atoms with Crippen molar-refractivity contribution in [3.63, 3.8) is 0 Å². The van der Waals surface area contributed by atoms with Crippen molar-refractivity contribution in [3.8, 4) is 11.5 Å². The van der Waals surface area contributed by atoms with E-state index in [1.54, 1.807) is 26.4 Å². The van der Waals surface area contributed by atoms with Crippen LogP contribution in [0.15, 0.2) is 66.7 Å². The molecule has 0 aliphatic carbocycles. The maximum absolute atomic E-state index is 14.4. The number of hydrogen-bond acceptors (Lipinski definition) is 9. The maximum atomic E-state index is 14.4. The first-order valence-electron chi connectivity index (χ1n) is 16.7. The van der Waals surface area contributed by atoms with E-state index in [1.807, 2.05) is 30.3 Å². The molecule has 3 aliphatic heterocycles. The van der Waals surface area contributed by atoms with Crippen LogP contribution in [0.25, 0.3) is 0 Å². The fourth-order valence-electron chi connectivity index (χ4n) is 6.91. The number of anilines is 1. The van der Waals surface area contributed by atoms with Gasteiger partial charge in [-0.1, -0.05) is 42.5 Å². The van der Waals surface area contributed by atoms with Gasteiger partial charge < -0.3 is 29.2 Å². The van der Waals surface area contributed by atoms with Crippen LogP contribution in [0.2, 0.25) is 0 Å². The smallest absolute Gasteiger partial charge is 0.407 e. The first-order chi connectivity index (χ1) is 23.4. The van der Waals surface area contributed by atoms with E-state index in [4.69, 9.17) is 18.9 Å². The Kier molecular flexibility index (Phi) is 10.5. The highest BCUT2D eigenvalue weighted by atomic mass is 16.6. The number of fused-ring (bicyclic) bond motifs is 1. The number of hydrogen-bond donors (Lipinski definition) is 1. The maximum Gasteiger partial charge on any atom is 0.407 e. The summed E-state index contributed by atoms with van der Waals surface area (Å²) in [6, 6.07) is 21.1. The predicted octanol–water partition coefficient (Wildman–Crippen LogP) is 5.22. The first-order valence-corrected chi connectivity index (χ1v) is 16.7. The minimum Gasteiger partial charge on any atom is -0.493 e. The van der Waals surface area contributed by atoms with Crippen LogP contribution >= 0.6 is 0 Å². The number of benzene rings is 3. The molecule has 11 nitrogen and oxygen atoms in total. The van der Waals surface area contributed by atoms with Crippen LogP contribution in [-0.4, -0.2) is 94.0 Å². The molecule has 3 atom stereocenters. The Morgan fingerprint density at radius 3 is 2.40 bits per heavy atom. The van der Waals surface area contributed by atoms with Crippen molar-refractivity contribution < 1.29 is 33.3 Å². The van der Waals surface area contributed by atoms with E-state index in [0.717, 1.165) is 37.4 Å². The lowest BCUT2D eigenvalue weighted by atomic mass is 9.99. The van der Waals surface area contributed by atoms with Crippen LogP contribution in [-0.2, 0) is 9.47 Å². The van der Waals surface area contributed by atoms with E-state index in [1.165, 1.54) is 10.5 Å². The van der Waals surface area contributed by atoms with Crippen LogP contribution in [0.3, 0.4) is 0 Å². The second-order valence-electron chi connectivity index (χ2n) is 12.4. The zero-order valence-electron chi connectivity index (χ0n) is 27.9. The Morgan fingerprint density at radius 2 is 1.69 bits per heavy atom. The van der Waals surface area contributed by atoms with E-state index in [-0.39, 0.29) is 24.0 Å². The van der Waals surface area contributed by atoms with Gasteiger partial charge in [-0.2, -0.15) is 0 Å². The number of rotatable bonds is 12. The van der Waals surface area contributed by atoms with Crippen LogP contribution in [0.4, 0.5) is 10.5 Å². The second-order valence-corrected chi connectivity index (χ2v) is 12.4. The molecule has 3 heterocycles. The predicted molar refractivity (Wildman–Crippen MR) is 181 cm³/mol. The quantitative estimate of drug-likeness (QED) is 0.207. The molecule has 0 bridgehead atoms. The number of ether oxygens (including phenoxy) is 4. The molecule has 1 unspecified atom stereocenters. The van der Waals surface area contributed by atoms with Gasteiger partial charge in [0.1, 0.15) is 6.10 Å². The molecule has 3 aromatic rings. The summed E-state index contributed by atoms with van der Waals surface area (Å²) in [6.45, 7) is 6.67. The van der Waals surface area contributed by atoms with Crippen molar-refractivity contribution in [2.45, 2.75) is 44.4 Å². The van der Waals surface area contributed by atoms with E-state index in [9.17, 15) is 14.4 Å². The van der Waals surface area contributed by atoms with Crippen molar-refractivity contribution in [1.82, 2.24) is 15.1 Å². The Morgan fingerprint density at radius 1 is 0.917 bits per heavy atom. The number of carbonyl (C=O) groups is 3. The summed E-state index contributed by atoms with van der Waals surface area (Å²) in [5, 5.41) is 2.80. The molecule has 48 heavy (non-hydrogen) atoms. The molecule has 3 aromatic carbocycles. The van der Waals surface area contributed by atoms with Gasteiger partial charge in [-0.15, -0.1) is 0 Å². The minimum atomic E-state index is -0.602. The summed E-state index contributed by atoms with van der Waals surface area (Å²) in [7, 11) is 3.11. The van der Waals surface area contributed by atoms with Crippen molar-refractivity contribution in [3.05, 3.63) is 89.0 Å². The average Bonchev–Trinajstić information content (AvgIpc) is 3.73. The van der Waals surface area contributed by atoms with Gasteiger partial charge in [0, 0.05) is 45.2 Å². The minimum absolute atomic E-state index is 0.243. The van der Waals surface area contributed by atoms with E-state index in [0.29, 0.717) is 61.6 Å². The molecule has 3 aliphatic rings. The molecule has 2 saturated heterocycles. The van der Waals surface area contributed by atoms with E-state index < -0.39 is 12.1 Å². The number of piperazine rings is 1. The standard InChI is InChI=1S/C37H44N4O7/c1-25(26-9-5-4-6-10-26)39-18-20-40(21-19-39)31-12-7-11-29-34(31)36(43)41(35(29)42)30(27-14-15-32(45-2)33(23-27)46-3)13-8-17-38-37(44)48-28-16-22-47-24-28/h4-7,9-12,14-15,23,25,28,30H,8,13,16-22,24H2,1-3H3,(H,38,44)/t25-,28-,30?/m1/s1. The molecule has 11 heteroatoms. The fourth-order valence-corrected chi connectivity index (χ4v) is 6.91. The van der Waals surface area contributed by atoms with Crippen LogP contribution in [0, 0.1) is 0 Å². The third-order valence-electron chi connectivity index (χ3n) is 9.60. The summed E-state index contributed by atoms with van der Waals surface area (Å²) in [5.41, 5.74) is 3.64. The van der Waals surface area contributed by atoms with Gasteiger partial charge in [-0.25, -0.2) is 4.79 Å². The summed E-state index contributed by atoms with van der Waals surface area (Å²) < 4.78 is 21.7. The molecule has 0 spiro atoms. The molecule has 3 amide bonds. The number of methoxy groups -OCH3 is 2. The van der Waals surface area contributed by atoms with E-state index >= 15 is 0 Å². The average molecular weight is 657 g/mol. The zero-order chi connectivity index (χ0) is 33.6. The summed E-state index contributed by atoms with van der Waals surface area (Å²) in [4.78, 5) is 46.8. The summed E-state index contributed by atoms with van der Waals surface area (Å²) in [5.74, 6) is 0.395. The molecule has 2 fully saturated rings. The van der Waals surface area contributed by atoms with Crippen LogP contribution in [0.1, 0.15) is 70.1 Å². The van der Waals surface area contributed by atoms with Gasteiger partial charge in [-0.05, 0) is 55.2 Å². The Hall–Kier alpha value is -4.61. The number of nitrogens with zero attached hydrogens (tertiary/aromatic N) is 3. The highest BCUT2D eigenvalue weighted by Gasteiger charge is 2.43. The van der Waals surface area contributed by atoms with Crippen molar-refractivity contribution in [1.29, 1.82) is 0 Å². The number of alkyl carbamates (subject to hydrolysis) is 1. The van der Waals surface area contributed by atoms with Crippen molar-refractivity contribution >= 4 is 23.6 Å². The Balaban J connectivity index is 1.20. The lowest BCUT2D eigenvalue weighted by Gasteiger charge is -2.39. The van der Waals surface area contributed by atoms with Crippen LogP contribution < -0.4 is 19.7 Å². The van der Waals surface area contributed by atoms with Gasteiger partial charge in [-0.3, -0.25) is 19.4 Å². The number of imide groups is 1. The zero-order valence-corrected chi connectivity index (χ0v) is 27.9. The monoisotopic (exact) mass is 656 g/mol. The molecular formula is C37H44N4O7. The number of amides is 3. The summed E-state index contributed by atoms with van der Waals surface area (Å²) >= 11 is 0. The third kappa shape index (κ3) is 6.97. The molecule has 254 valence electrons. The van der Waals surface area contributed by atoms with Crippen molar-refractivity contribution in [2.24, 2.45) is 0 Å². The SMILES string of the molecule is COc1ccc(C(CCCNC(=O)O[C@@H]2CCOC2)N2C(=O)c3cccc(N4CCN([C@H](C)c5ccccc5)CC4)c3C2=O)cc1OC. The molecule has 1 N–H and O–H groups in total. The van der Waals surface area contributed by atoms with Gasteiger partial charge in [0.2, 0.25) is 0 Å². The number of nitrogens with one attached hydrogen (secondary N) is 1. The van der Waals surface area contributed by atoms with Gasteiger partial charge in [0.25, 0.3) is 11.8 Å². The first kappa shape index (κ1) is 33.3. The van der Waals surface area contributed by atoms with Crippen molar-refractivity contribution in [2.75, 3.05) is 65.1 Å². The van der Waals surface area contributed by atoms with Crippen LogP contribution in [0.5, 0.6) is 11.5 Å². The topological polar surface area (TPSA) is 110 Å². The molecule has 0 radical (unpaired) electrons.